The molecule has 10 nitrogen and oxygen atoms in total. The molecule has 1 aliphatic rings. The molecule has 1 aliphatic heterocycles. The fourth-order valence-electron chi connectivity index (χ4n) is 4.25. The lowest BCUT2D eigenvalue weighted by Gasteiger charge is -2.23. The summed E-state index contributed by atoms with van der Waals surface area (Å²) in [6.45, 7) is 3.90. The summed E-state index contributed by atoms with van der Waals surface area (Å²) < 4.78 is 5.37. The molecule has 0 aliphatic carbocycles. The second-order valence-electron chi connectivity index (χ2n) is 9.32. The molecule has 0 bridgehead atoms. The van der Waals surface area contributed by atoms with Crippen LogP contribution in [0.2, 0.25) is 5.02 Å². The van der Waals surface area contributed by atoms with E-state index in [-0.39, 0.29) is 35.0 Å². The number of carboxylic acids is 1. The third-order valence-electron chi connectivity index (χ3n) is 6.17. The van der Waals surface area contributed by atoms with Crippen LogP contribution in [-0.2, 0) is 11.2 Å². The Morgan fingerprint density at radius 1 is 1.24 bits per heavy atom. The molecule has 0 saturated carbocycles. The number of aromatic nitrogens is 2. The van der Waals surface area contributed by atoms with Crippen molar-refractivity contribution >= 4 is 41.1 Å². The van der Waals surface area contributed by atoms with Crippen LogP contribution in [0.5, 0.6) is 0 Å². The van der Waals surface area contributed by atoms with Crippen molar-refractivity contribution in [2.75, 3.05) is 30.9 Å². The molecule has 1 aromatic carbocycles. The minimum absolute atomic E-state index is 0.0835. The molecule has 1 saturated heterocycles. The van der Waals surface area contributed by atoms with Crippen LogP contribution in [0.3, 0.4) is 0 Å². The number of aryl methyl sites for hydroxylation is 1. The Morgan fingerprint density at radius 3 is 2.61 bits per heavy atom. The Hall–Kier alpha value is -4.18. The van der Waals surface area contributed by atoms with Gasteiger partial charge in [0.15, 0.2) is 5.69 Å². The van der Waals surface area contributed by atoms with E-state index in [0.717, 1.165) is 11.1 Å². The van der Waals surface area contributed by atoms with Crippen molar-refractivity contribution in [3.05, 3.63) is 81.8 Å². The first-order valence-electron chi connectivity index (χ1n) is 11.9. The van der Waals surface area contributed by atoms with Crippen molar-refractivity contribution < 1.29 is 24.2 Å². The Bertz CT molecular complexity index is 1380. The van der Waals surface area contributed by atoms with Crippen molar-refractivity contribution in [1.82, 2.24) is 14.9 Å². The Balaban J connectivity index is 1.58. The van der Waals surface area contributed by atoms with Crippen molar-refractivity contribution in [2.24, 2.45) is 0 Å². The molecule has 3 aromatic rings. The van der Waals surface area contributed by atoms with Crippen molar-refractivity contribution in [2.45, 2.75) is 32.4 Å². The summed E-state index contributed by atoms with van der Waals surface area (Å²) in [4.78, 5) is 48.2. The quantitative estimate of drug-likeness (QED) is 0.428. The van der Waals surface area contributed by atoms with E-state index >= 15 is 0 Å². The largest absolute Gasteiger partial charge is 0.476 e. The van der Waals surface area contributed by atoms with Crippen molar-refractivity contribution in [3.63, 3.8) is 0 Å². The second kappa shape index (κ2) is 11.1. The zero-order valence-corrected chi connectivity index (χ0v) is 22.2. The highest BCUT2D eigenvalue weighted by Crippen LogP contribution is 2.31. The number of halogens is 1. The smallest absolute Gasteiger partial charge is 0.415 e. The number of anilines is 2. The maximum absolute atomic E-state index is 12.7. The number of ether oxygens (including phenoxy) is 1. The van der Waals surface area contributed by atoms with E-state index in [1.165, 1.54) is 22.1 Å². The van der Waals surface area contributed by atoms with Gasteiger partial charge in [0, 0.05) is 25.9 Å². The molecule has 3 heterocycles. The lowest BCUT2D eigenvalue weighted by atomic mass is 10.0. The van der Waals surface area contributed by atoms with Crippen LogP contribution in [0.15, 0.2) is 48.7 Å². The summed E-state index contributed by atoms with van der Waals surface area (Å²) in [7, 11) is 3.40. The number of pyridine rings is 2. The number of amides is 2. The number of hydrogen-bond acceptors (Lipinski definition) is 7. The predicted octanol–water partition coefficient (Wildman–Crippen LogP) is 4.58. The number of carbonyl (C=O) groups is 3. The predicted molar refractivity (Wildman–Crippen MR) is 143 cm³/mol. The number of carbonyl (C=O) groups excluding carboxylic acids is 2. The first-order chi connectivity index (χ1) is 18.0. The second-order valence-corrected chi connectivity index (χ2v) is 9.72. The van der Waals surface area contributed by atoms with Gasteiger partial charge in [-0.2, -0.15) is 0 Å². The number of nitrogens with zero attached hydrogens (tertiary/aromatic N) is 4. The van der Waals surface area contributed by atoms with Gasteiger partial charge < -0.3 is 20.1 Å². The maximum atomic E-state index is 12.7. The third kappa shape index (κ3) is 5.70. The average Bonchev–Trinajstić information content (AvgIpc) is 3.24. The van der Waals surface area contributed by atoms with Gasteiger partial charge in [-0.25, -0.2) is 19.6 Å². The highest BCUT2D eigenvalue weighted by Gasteiger charge is 2.35. The number of hydrogen-bond donors (Lipinski definition) is 2. The van der Waals surface area contributed by atoms with E-state index in [0.29, 0.717) is 23.5 Å². The van der Waals surface area contributed by atoms with Gasteiger partial charge in [0.25, 0.3) is 5.91 Å². The first kappa shape index (κ1) is 26.9. The monoisotopic (exact) mass is 537 g/mol. The number of aromatic carboxylic acids is 1. The fourth-order valence-corrected chi connectivity index (χ4v) is 4.45. The lowest BCUT2D eigenvalue weighted by molar-refractivity contribution is 0.0691. The van der Waals surface area contributed by atoms with Gasteiger partial charge in [-0.15, -0.1) is 0 Å². The van der Waals surface area contributed by atoms with Gasteiger partial charge in [-0.05, 0) is 61.7 Å². The number of nitrogens with one attached hydrogen (secondary N) is 1. The molecule has 38 heavy (non-hydrogen) atoms. The minimum atomic E-state index is -1.21. The van der Waals surface area contributed by atoms with E-state index < -0.39 is 18.1 Å². The van der Waals surface area contributed by atoms with Crippen LogP contribution in [0.1, 0.15) is 50.6 Å². The molecule has 2 N–H and O–H groups in total. The van der Waals surface area contributed by atoms with Gasteiger partial charge in [-0.3, -0.25) is 9.69 Å². The van der Waals surface area contributed by atoms with Crippen LogP contribution in [-0.4, -0.2) is 64.7 Å². The zero-order chi connectivity index (χ0) is 27.6. The molecule has 2 atom stereocenters. The molecule has 0 spiro atoms. The Kier molecular flexibility index (Phi) is 7.82. The number of cyclic esters (lactones) is 1. The van der Waals surface area contributed by atoms with Crippen molar-refractivity contribution in [3.8, 4) is 0 Å². The van der Waals surface area contributed by atoms with Crippen LogP contribution >= 0.6 is 11.6 Å². The van der Waals surface area contributed by atoms with E-state index in [2.05, 4.69) is 10.3 Å². The van der Waals surface area contributed by atoms with E-state index in [4.69, 9.17) is 21.3 Å². The summed E-state index contributed by atoms with van der Waals surface area (Å²) in [5.41, 5.74) is 2.97. The van der Waals surface area contributed by atoms with Crippen LogP contribution in [0, 0.1) is 6.92 Å². The third-order valence-corrected chi connectivity index (χ3v) is 6.48. The topological polar surface area (TPSA) is 125 Å². The van der Waals surface area contributed by atoms with Gasteiger partial charge >= 0.3 is 12.1 Å². The SMILES string of the molecule is Cc1cc([C@@H](C)Nc2c(Cl)ccnc2C(=O)O)nc(N2C(=O)OC[C@@H]2Cc2ccc(C(=O)N(C)C)cc2)c1. The molecule has 0 radical (unpaired) electrons. The highest BCUT2D eigenvalue weighted by atomic mass is 35.5. The number of benzene rings is 1. The summed E-state index contributed by atoms with van der Waals surface area (Å²) >= 11 is 6.25. The molecular weight excluding hydrogens is 510 g/mol. The molecular formula is C27H28ClN5O5. The summed E-state index contributed by atoms with van der Waals surface area (Å²) in [6.07, 6.45) is 1.34. The van der Waals surface area contributed by atoms with Crippen LogP contribution in [0.25, 0.3) is 0 Å². The molecule has 11 heteroatoms. The number of rotatable bonds is 8. The lowest BCUT2D eigenvalue weighted by Crippen LogP contribution is -2.36. The molecule has 0 unspecified atom stereocenters. The highest BCUT2D eigenvalue weighted by molar-refractivity contribution is 6.33. The van der Waals surface area contributed by atoms with Crippen LogP contribution < -0.4 is 10.2 Å². The van der Waals surface area contributed by atoms with Gasteiger partial charge in [0.05, 0.1) is 28.5 Å². The zero-order valence-electron chi connectivity index (χ0n) is 21.4. The molecule has 4 rings (SSSR count). The normalized spacial score (nSPS) is 15.7. The van der Waals surface area contributed by atoms with Crippen molar-refractivity contribution in [1.29, 1.82) is 0 Å². The van der Waals surface area contributed by atoms with E-state index in [1.54, 1.807) is 32.3 Å². The molecule has 1 fully saturated rings. The van der Waals surface area contributed by atoms with Gasteiger partial charge in [0.2, 0.25) is 0 Å². The van der Waals surface area contributed by atoms with E-state index in [1.807, 2.05) is 32.0 Å². The van der Waals surface area contributed by atoms with Gasteiger partial charge in [-0.1, -0.05) is 23.7 Å². The standard InChI is InChI=1S/C27H28ClN5O5/c1-15-11-21(16(2)30-23-20(28)9-10-29-24(23)26(35)36)31-22(12-15)33-19(14-38-27(33)37)13-17-5-7-18(8-6-17)25(34)32(3)4/h5-12,16,19,30H,13-14H2,1-4H3,(H,35,36)/t16-,19+/m1/s1. The average molecular weight is 538 g/mol. The molecule has 198 valence electrons. The van der Waals surface area contributed by atoms with Crippen LogP contribution in [0.4, 0.5) is 16.3 Å². The number of carboxylic acid groups (broad SMARTS) is 1. The summed E-state index contributed by atoms with van der Waals surface area (Å²) in [5, 5.41) is 12.8. The Labute approximate surface area is 225 Å². The summed E-state index contributed by atoms with van der Waals surface area (Å²) in [6, 6.07) is 11.7. The minimum Gasteiger partial charge on any atom is -0.476 e. The first-order valence-corrected chi connectivity index (χ1v) is 12.3. The maximum Gasteiger partial charge on any atom is 0.415 e. The summed E-state index contributed by atoms with van der Waals surface area (Å²) in [5.74, 6) is -0.863. The van der Waals surface area contributed by atoms with Gasteiger partial charge in [0.1, 0.15) is 12.4 Å². The Morgan fingerprint density at radius 2 is 1.95 bits per heavy atom. The van der Waals surface area contributed by atoms with E-state index in [9.17, 15) is 19.5 Å². The molecule has 2 aromatic heterocycles. The fraction of sp³-hybridized carbons (Fsp3) is 0.296. The molecule has 2 amide bonds.